The van der Waals surface area contributed by atoms with Crippen molar-refractivity contribution in [2.75, 3.05) is 25.1 Å². The molecule has 3 nitrogen and oxygen atoms in total. The molecule has 1 heterocycles. The largest absolute Gasteiger partial charge is 0.489 e. The molecule has 20 heavy (non-hydrogen) atoms. The number of hydrogen-bond donors (Lipinski definition) is 1. The molecule has 0 radical (unpaired) electrons. The maximum absolute atomic E-state index is 5.91. The van der Waals surface area contributed by atoms with E-state index in [0.29, 0.717) is 6.61 Å². The van der Waals surface area contributed by atoms with Gasteiger partial charge in [-0.1, -0.05) is 38.3 Å². The van der Waals surface area contributed by atoms with Crippen molar-refractivity contribution >= 4 is 5.69 Å². The molecule has 1 unspecified atom stereocenters. The monoisotopic (exact) mass is 277 g/mol. The van der Waals surface area contributed by atoms with Crippen LogP contribution in [0.25, 0.3) is 0 Å². The van der Waals surface area contributed by atoms with Crippen molar-refractivity contribution in [2.24, 2.45) is 0 Å². The Morgan fingerprint density at radius 3 is 2.95 bits per heavy atom. The van der Waals surface area contributed by atoms with Gasteiger partial charge in [-0.2, -0.15) is 0 Å². The van der Waals surface area contributed by atoms with Crippen molar-refractivity contribution in [1.82, 2.24) is 0 Å². The molecule has 2 rings (SSSR count). The first-order valence-corrected chi connectivity index (χ1v) is 7.97. The Morgan fingerprint density at radius 2 is 2.15 bits per heavy atom. The average Bonchev–Trinajstić information content (AvgIpc) is 2.99. The van der Waals surface area contributed by atoms with Crippen LogP contribution in [0.3, 0.4) is 0 Å². The highest BCUT2D eigenvalue weighted by molar-refractivity contribution is 5.56. The summed E-state index contributed by atoms with van der Waals surface area (Å²) in [6.07, 6.45) is 7.65. The Balaban J connectivity index is 1.76. The second kappa shape index (κ2) is 8.85. The number of unbranched alkanes of at least 4 members (excludes halogenated alkanes) is 3. The summed E-state index contributed by atoms with van der Waals surface area (Å²) >= 11 is 0. The topological polar surface area (TPSA) is 30.5 Å². The van der Waals surface area contributed by atoms with E-state index in [1.807, 2.05) is 18.2 Å². The molecule has 1 aliphatic rings. The van der Waals surface area contributed by atoms with E-state index in [0.717, 1.165) is 37.4 Å². The van der Waals surface area contributed by atoms with Crippen molar-refractivity contribution in [3.05, 3.63) is 24.3 Å². The van der Waals surface area contributed by atoms with Crippen LogP contribution in [0.4, 0.5) is 5.69 Å². The molecule has 1 atom stereocenters. The predicted octanol–water partition coefficient (Wildman–Crippen LogP) is 4.24. The highest BCUT2D eigenvalue weighted by Crippen LogP contribution is 2.25. The van der Waals surface area contributed by atoms with E-state index < -0.39 is 0 Å². The van der Waals surface area contributed by atoms with Gasteiger partial charge < -0.3 is 14.8 Å². The molecule has 1 aromatic rings. The maximum Gasteiger partial charge on any atom is 0.142 e. The van der Waals surface area contributed by atoms with Crippen LogP contribution in [-0.4, -0.2) is 25.9 Å². The minimum atomic E-state index is 0.271. The fraction of sp³-hybridized carbons (Fsp3) is 0.647. The molecule has 1 fully saturated rings. The first-order valence-electron chi connectivity index (χ1n) is 7.97. The molecule has 1 saturated heterocycles. The standard InChI is InChI=1S/C17H27NO2/c1-2-3-4-7-12-18-16-10-5-6-11-17(16)20-14-15-9-8-13-19-15/h5-6,10-11,15,18H,2-4,7-9,12-14H2,1H3. The zero-order valence-electron chi connectivity index (χ0n) is 12.6. The normalized spacial score (nSPS) is 18.1. The van der Waals surface area contributed by atoms with Crippen molar-refractivity contribution in [2.45, 2.75) is 51.6 Å². The average molecular weight is 277 g/mol. The van der Waals surface area contributed by atoms with Gasteiger partial charge in [0.25, 0.3) is 0 Å². The third-order valence-electron chi connectivity index (χ3n) is 3.68. The maximum atomic E-state index is 5.91. The summed E-state index contributed by atoms with van der Waals surface area (Å²) in [5.74, 6) is 0.943. The fourth-order valence-corrected chi connectivity index (χ4v) is 2.47. The molecule has 0 aliphatic carbocycles. The Kier molecular flexibility index (Phi) is 6.72. The second-order valence-corrected chi connectivity index (χ2v) is 5.43. The van der Waals surface area contributed by atoms with Gasteiger partial charge in [0.1, 0.15) is 12.4 Å². The number of hydrogen-bond acceptors (Lipinski definition) is 3. The van der Waals surface area contributed by atoms with Crippen molar-refractivity contribution in [3.8, 4) is 5.75 Å². The first-order chi connectivity index (χ1) is 9.90. The number of ether oxygens (including phenoxy) is 2. The minimum absolute atomic E-state index is 0.271. The van der Waals surface area contributed by atoms with E-state index in [2.05, 4.69) is 18.3 Å². The van der Waals surface area contributed by atoms with Crippen LogP contribution in [0.1, 0.15) is 45.4 Å². The molecule has 1 N–H and O–H groups in total. The summed E-state index contributed by atoms with van der Waals surface area (Å²) in [4.78, 5) is 0. The highest BCUT2D eigenvalue weighted by Gasteiger charge is 2.16. The lowest BCUT2D eigenvalue weighted by molar-refractivity contribution is 0.0682. The smallest absolute Gasteiger partial charge is 0.142 e. The number of rotatable bonds is 9. The molecular weight excluding hydrogens is 250 g/mol. The summed E-state index contributed by atoms with van der Waals surface area (Å²) in [7, 11) is 0. The van der Waals surface area contributed by atoms with Gasteiger partial charge in [-0.15, -0.1) is 0 Å². The lowest BCUT2D eigenvalue weighted by Gasteiger charge is -2.15. The Morgan fingerprint density at radius 1 is 1.25 bits per heavy atom. The van der Waals surface area contributed by atoms with Gasteiger partial charge in [-0.3, -0.25) is 0 Å². The molecule has 1 aromatic carbocycles. The van der Waals surface area contributed by atoms with Crippen LogP contribution in [-0.2, 0) is 4.74 Å². The summed E-state index contributed by atoms with van der Waals surface area (Å²) in [5.41, 5.74) is 1.10. The van der Waals surface area contributed by atoms with Gasteiger partial charge in [0.15, 0.2) is 0 Å². The van der Waals surface area contributed by atoms with Gasteiger partial charge in [0.05, 0.1) is 11.8 Å². The number of para-hydroxylation sites is 2. The van der Waals surface area contributed by atoms with E-state index in [4.69, 9.17) is 9.47 Å². The van der Waals surface area contributed by atoms with Gasteiger partial charge in [-0.05, 0) is 31.4 Å². The molecule has 0 amide bonds. The third kappa shape index (κ3) is 5.04. The number of benzene rings is 1. The number of nitrogens with one attached hydrogen (secondary N) is 1. The predicted molar refractivity (Wildman–Crippen MR) is 83.5 cm³/mol. The third-order valence-corrected chi connectivity index (χ3v) is 3.68. The van der Waals surface area contributed by atoms with Crippen molar-refractivity contribution in [1.29, 1.82) is 0 Å². The molecule has 0 bridgehead atoms. The molecular formula is C17H27NO2. The first kappa shape index (κ1) is 15.2. The number of anilines is 1. The Labute approximate surface area is 122 Å². The molecule has 1 aliphatic heterocycles. The van der Waals surface area contributed by atoms with Crippen LogP contribution < -0.4 is 10.1 Å². The summed E-state index contributed by atoms with van der Waals surface area (Å²) in [6.45, 7) is 4.79. The molecule has 112 valence electrons. The van der Waals surface area contributed by atoms with E-state index in [1.165, 1.54) is 25.7 Å². The van der Waals surface area contributed by atoms with Gasteiger partial charge in [-0.25, -0.2) is 0 Å². The molecule has 0 aromatic heterocycles. The lowest BCUT2D eigenvalue weighted by atomic mass is 10.2. The van der Waals surface area contributed by atoms with Gasteiger partial charge in [0, 0.05) is 13.2 Å². The van der Waals surface area contributed by atoms with E-state index in [1.54, 1.807) is 0 Å². The van der Waals surface area contributed by atoms with Crippen LogP contribution in [0, 0.1) is 0 Å². The van der Waals surface area contributed by atoms with Crippen LogP contribution in [0.15, 0.2) is 24.3 Å². The van der Waals surface area contributed by atoms with E-state index in [9.17, 15) is 0 Å². The lowest BCUT2D eigenvalue weighted by Crippen LogP contribution is -2.17. The molecule has 3 heteroatoms. The fourth-order valence-electron chi connectivity index (χ4n) is 2.47. The van der Waals surface area contributed by atoms with Crippen LogP contribution >= 0.6 is 0 Å². The Hall–Kier alpha value is -1.22. The van der Waals surface area contributed by atoms with Crippen LogP contribution in [0.5, 0.6) is 5.75 Å². The molecule has 0 spiro atoms. The van der Waals surface area contributed by atoms with Crippen molar-refractivity contribution in [3.63, 3.8) is 0 Å². The quantitative estimate of drug-likeness (QED) is 0.685. The minimum Gasteiger partial charge on any atom is -0.489 e. The summed E-state index contributed by atoms with van der Waals surface area (Å²) in [5, 5.41) is 3.48. The zero-order chi connectivity index (χ0) is 14.0. The Bertz CT molecular complexity index is 375. The highest BCUT2D eigenvalue weighted by atomic mass is 16.5. The zero-order valence-corrected chi connectivity index (χ0v) is 12.6. The second-order valence-electron chi connectivity index (χ2n) is 5.43. The SMILES string of the molecule is CCCCCCNc1ccccc1OCC1CCCO1. The summed E-state index contributed by atoms with van der Waals surface area (Å²) in [6, 6.07) is 8.19. The van der Waals surface area contributed by atoms with E-state index in [-0.39, 0.29) is 6.10 Å². The van der Waals surface area contributed by atoms with Crippen LogP contribution in [0.2, 0.25) is 0 Å². The van der Waals surface area contributed by atoms with E-state index >= 15 is 0 Å². The molecule has 0 saturated carbocycles. The summed E-state index contributed by atoms with van der Waals surface area (Å²) < 4.78 is 11.5. The van der Waals surface area contributed by atoms with Gasteiger partial charge >= 0.3 is 0 Å². The van der Waals surface area contributed by atoms with Gasteiger partial charge in [0.2, 0.25) is 0 Å². The van der Waals surface area contributed by atoms with Crippen molar-refractivity contribution < 1.29 is 9.47 Å².